The highest BCUT2D eigenvalue weighted by atomic mass is 32.1. The highest BCUT2D eigenvalue weighted by Crippen LogP contribution is 2.17. The van der Waals surface area contributed by atoms with Crippen LogP contribution in [0.1, 0.15) is 32.0 Å². The number of aryl methyl sites for hydroxylation is 1. The number of nitrogens with zero attached hydrogens (tertiary/aromatic N) is 2. The van der Waals surface area contributed by atoms with Gasteiger partial charge in [0.15, 0.2) is 0 Å². The largest absolute Gasteiger partial charge is 0.232 e. The van der Waals surface area contributed by atoms with Gasteiger partial charge in [0.2, 0.25) is 0 Å². The fourth-order valence-corrected chi connectivity index (χ4v) is 2.06. The van der Waals surface area contributed by atoms with E-state index in [1.807, 2.05) is 11.4 Å². The molecule has 0 aliphatic carbocycles. The summed E-state index contributed by atoms with van der Waals surface area (Å²) in [5.74, 6) is 0.935. The fourth-order valence-electron chi connectivity index (χ4n) is 1.40. The van der Waals surface area contributed by atoms with E-state index in [1.165, 1.54) is 19.3 Å². The normalized spacial score (nSPS) is 10.9. The third kappa shape index (κ3) is 2.10. The number of fused-ring (bicyclic) bond motifs is 1. The molecule has 0 atom stereocenters. The lowest BCUT2D eigenvalue weighted by atomic mass is 10.2. The van der Waals surface area contributed by atoms with Crippen molar-refractivity contribution in [2.75, 3.05) is 0 Å². The number of aromatic nitrogens is 2. The first kappa shape index (κ1) is 9.59. The molecule has 2 heterocycles. The van der Waals surface area contributed by atoms with Gasteiger partial charge < -0.3 is 0 Å². The molecule has 14 heavy (non-hydrogen) atoms. The Morgan fingerprint density at radius 1 is 1.43 bits per heavy atom. The van der Waals surface area contributed by atoms with Crippen molar-refractivity contribution >= 4 is 21.6 Å². The van der Waals surface area contributed by atoms with E-state index in [0.29, 0.717) is 0 Å². The van der Waals surface area contributed by atoms with Crippen molar-refractivity contribution in [3.05, 3.63) is 23.5 Å². The molecule has 2 aromatic heterocycles. The second-order valence-electron chi connectivity index (χ2n) is 3.34. The molecule has 0 aliphatic rings. The molecule has 0 saturated heterocycles. The summed E-state index contributed by atoms with van der Waals surface area (Å²) in [6.07, 6.45) is 7.69. The first-order valence-corrected chi connectivity index (χ1v) is 5.90. The summed E-state index contributed by atoms with van der Waals surface area (Å²) in [5.41, 5.74) is 1.04. The number of rotatable bonds is 4. The van der Waals surface area contributed by atoms with E-state index in [2.05, 4.69) is 23.1 Å². The minimum absolute atomic E-state index is 0.935. The average Bonchev–Trinajstić information content (AvgIpc) is 2.65. The smallest absolute Gasteiger partial charge is 0.129 e. The van der Waals surface area contributed by atoms with Crippen LogP contribution in [0.5, 0.6) is 0 Å². The summed E-state index contributed by atoms with van der Waals surface area (Å²) >= 11 is 1.64. The van der Waals surface area contributed by atoms with Crippen LogP contribution in [0, 0.1) is 6.20 Å². The first-order valence-electron chi connectivity index (χ1n) is 5.02. The minimum atomic E-state index is 0.935. The summed E-state index contributed by atoms with van der Waals surface area (Å²) in [5, 5.41) is 2.03. The Morgan fingerprint density at radius 2 is 2.36 bits per heavy atom. The molecular formula is C11H13N2S. The van der Waals surface area contributed by atoms with Crippen molar-refractivity contribution in [3.63, 3.8) is 0 Å². The van der Waals surface area contributed by atoms with E-state index in [1.54, 1.807) is 11.3 Å². The van der Waals surface area contributed by atoms with Gasteiger partial charge in [-0.05, 0) is 17.9 Å². The van der Waals surface area contributed by atoms with Crippen LogP contribution in [-0.2, 0) is 6.42 Å². The van der Waals surface area contributed by atoms with E-state index >= 15 is 0 Å². The van der Waals surface area contributed by atoms with Gasteiger partial charge in [0, 0.05) is 6.42 Å². The van der Waals surface area contributed by atoms with E-state index in [0.717, 1.165) is 22.5 Å². The summed E-state index contributed by atoms with van der Waals surface area (Å²) < 4.78 is 1.06. The van der Waals surface area contributed by atoms with E-state index < -0.39 is 0 Å². The molecule has 0 aliphatic heterocycles. The van der Waals surface area contributed by atoms with Crippen LogP contribution >= 0.6 is 11.3 Å². The van der Waals surface area contributed by atoms with Crippen LogP contribution in [0.3, 0.4) is 0 Å². The maximum absolute atomic E-state index is 4.48. The van der Waals surface area contributed by atoms with Crippen molar-refractivity contribution in [3.8, 4) is 0 Å². The van der Waals surface area contributed by atoms with Gasteiger partial charge in [-0.2, -0.15) is 0 Å². The highest BCUT2D eigenvalue weighted by molar-refractivity contribution is 7.17. The van der Waals surface area contributed by atoms with Crippen LogP contribution in [0.25, 0.3) is 10.2 Å². The van der Waals surface area contributed by atoms with Gasteiger partial charge in [-0.15, -0.1) is 11.3 Å². The Hall–Kier alpha value is -0.960. The second-order valence-corrected chi connectivity index (χ2v) is 4.26. The summed E-state index contributed by atoms with van der Waals surface area (Å²) in [6, 6.07) is 2.03. The molecule has 3 heteroatoms. The van der Waals surface area contributed by atoms with E-state index in [4.69, 9.17) is 0 Å². The van der Waals surface area contributed by atoms with Crippen LogP contribution in [0.15, 0.2) is 11.4 Å². The Kier molecular flexibility index (Phi) is 3.09. The molecule has 2 nitrogen and oxygen atoms in total. The molecule has 2 aromatic rings. The standard InChI is InChI=1S/C11H13N2S/c1-2-3-4-5-11-12-8-10-9(13-11)6-7-14-10/h6-7H,2-5H2,1H3. The molecule has 0 unspecified atom stereocenters. The number of thiophene rings is 1. The zero-order valence-corrected chi connectivity index (χ0v) is 9.10. The maximum atomic E-state index is 4.48. The van der Waals surface area contributed by atoms with Gasteiger partial charge in [0.05, 0.1) is 10.2 Å². The zero-order valence-electron chi connectivity index (χ0n) is 8.29. The SMILES string of the molecule is CCCCCc1n[c]c2sccc2n1. The molecule has 0 amide bonds. The molecular weight excluding hydrogens is 192 g/mol. The van der Waals surface area contributed by atoms with Gasteiger partial charge in [-0.1, -0.05) is 19.8 Å². The molecule has 0 saturated carbocycles. The lowest BCUT2D eigenvalue weighted by molar-refractivity contribution is 0.696. The monoisotopic (exact) mass is 205 g/mol. The van der Waals surface area contributed by atoms with Crippen molar-refractivity contribution in [1.82, 2.24) is 9.97 Å². The Bertz CT molecular complexity index is 408. The second kappa shape index (κ2) is 4.51. The van der Waals surface area contributed by atoms with Gasteiger partial charge in [-0.25, -0.2) is 9.97 Å². The van der Waals surface area contributed by atoms with Gasteiger partial charge >= 0.3 is 0 Å². The van der Waals surface area contributed by atoms with Crippen LogP contribution in [-0.4, -0.2) is 9.97 Å². The molecule has 0 bridgehead atoms. The summed E-state index contributed by atoms with van der Waals surface area (Å²) in [4.78, 5) is 8.70. The lowest BCUT2D eigenvalue weighted by Crippen LogP contribution is -1.94. The number of hydrogen-bond donors (Lipinski definition) is 0. The molecule has 73 valence electrons. The Morgan fingerprint density at radius 3 is 3.21 bits per heavy atom. The molecule has 0 aromatic carbocycles. The lowest BCUT2D eigenvalue weighted by Gasteiger charge is -1.97. The molecule has 1 radical (unpaired) electrons. The van der Waals surface area contributed by atoms with E-state index in [-0.39, 0.29) is 0 Å². The molecule has 0 spiro atoms. The van der Waals surface area contributed by atoms with Gasteiger partial charge in [-0.3, -0.25) is 0 Å². The third-order valence-corrected chi connectivity index (χ3v) is 2.99. The molecule has 2 rings (SSSR count). The topological polar surface area (TPSA) is 25.8 Å². The summed E-state index contributed by atoms with van der Waals surface area (Å²) in [6.45, 7) is 2.20. The predicted octanol–water partition coefficient (Wildman–Crippen LogP) is 3.22. The van der Waals surface area contributed by atoms with Gasteiger partial charge in [0.1, 0.15) is 12.0 Å². The number of unbranched alkanes of at least 4 members (excludes halogenated alkanes) is 2. The zero-order chi connectivity index (χ0) is 9.80. The third-order valence-electron chi connectivity index (χ3n) is 2.18. The van der Waals surface area contributed by atoms with Crippen molar-refractivity contribution < 1.29 is 0 Å². The van der Waals surface area contributed by atoms with Crippen LogP contribution in [0.2, 0.25) is 0 Å². The summed E-state index contributed by atoms with van der Waals surface area (Å²) in [7, 11) is 0. The Balaban J connectivity index is 2.10. The first-order chi connectivity index (χ1) is 6.90. The predicted molar refractivity (Wildman–Crippen MR) is 59.5 cm³/mol. The van der Waals surface area contributed by atoms with Crippen molar-refractivity contribution in [2.24, 2.45) is 0 Å². The Labute approximate surface area is 88.0 Å². The quantitative estimate of drug-likeness (QED) is 0.716. The fraction of sp³-hybridized carbons (Fsp3) is 0.455. The van der Waals surface area contributed by atoms with Gasteiger partial charge in [0.25, 0.3) is 0 Å². The van der Waals surface area contributed by atoms with Crippen LogP contribution in [0.4, 0.5) is 0 Å². The molecule has 0 fully saturated rings. The van der Waals surface area contributed by atoms with Crippen LogP contribution < -0.4 is 0 Å². The highest BCUT2D eigenvalue weighted by Gasteiger charge is 2.00. The van der Waals surface area contributed by atoms with E-state index in [9.17, 15) is 0 Å². The minimum Gasteiger partial charge on any atom is -0.232 e. The number of hydrogen-bond acceptors (Lipinski definition) is 3. The average molecular weight is 205 g/mol. The van der Waals surface area contributed by atoms with Crippen molar-refractivity contribution in [1.29, 1.82) is 0 Å². The maximum Gasteiger partial charge on any atom is 0.129 e. The van der Waals surface area contributed by atoms with Crippen molar-refractivity contribution in [2.45, 2.75) is 32.6 Å². The molecule has 0 N–H and O–H groups in total.